The molecule has 0 bridgehead atoms. The molecule has 1 aromatic heterocycles. The number of aliphatic carboxylic acids is 1. The molecule has 0 radical (unpaired) electrons. The van der Waals surface area contributed by atoms with E-state index in [0.29, 0.717) is 25.3 Å². The topological polar surface area (TPSA) is 90.8 Å². The zero-order valence-electron chi connectivity index (χ0n) is 15.7. The minimum absolute atomic E-state index is 0.0381. The molecule has 3 heterocycles. The van der Waals surface area contributed by atoms with E-state index >= 15 is 0 Å². The van der Waals surface area contributed by atoms with Gasteiger partial charge in [-0.2, -0.15) is 13.2 Å². The van der Waals surface area contributed by atoms with Gasteiger partial charge in [0.05, 0.1) is 5.41 Å². The van der Waals surface area contributed by atoms with E-state index in [1.165, 1.54) is 0 Å². The summed E-state index contributed by atoms with van der Waals surface area (Å²) in [6.45, 7) is 6.39. The highest BCUT2D eigenvalue weighted by Crippen LogP contribution is 2.41. The highest BCUT2D eigenvalue weighted by Gasteiger charge is 2.48. The Morgan fingerprint density at radius 1 is 1.21 bits per heavy atom. The Hall–Kier alpha value is -2.91. The number of rotatable bonds is 3. The van der Waals surface area contributed by atoms with Gasteiger partial charge in [0.2, 0.25) is 5.91 Å². The van der Waals surface area contributed by atoms with Crippen molar-refractivity contribution >= 4 is 17.8 Å². The molecule has 0 saturated carbocycles. The lowest BCUT2D eigenvalue weighted by molar-refractivity contribution is -0.192. The van der Waals surface area contributed by atoms with Gasteiger partial charge in [-0.15, -0.1) is 6.58 Å². The lowest BCUT2D eigenvalue weighted by Gasteiger charge is -2.37. The Morgan fingerprint density at radius 3 is 2.28 bits per heavy atom. The molecule has 158 valence electrons. The fourth-order valence-electron chi connectivity index (χ4n) is 3.48. The van der Waals surface area contributed by atoms with Crippen molar-refractivity contribution in [3.63, 3.8) is 0 Å². The maximum Gasteiger partial charge on any atom is 0.490 e. The molecule has 2 saturated heterocycles. The second-order valence-electron chi connectivity index (χ2n) is 6.88. The van der Waals surface area contributed by atoms with Crippen molar-refractivity contribution < 1.29 is 32.7 Å². The first-order valence-corrected chi connectivity index (χ1v) is 9.01. The second-order valence-corrected chi connectivity index (χ2v) is 6.88. The third-order valence-corrected chi connectivity index (χ3v) is 5.08. The molecule has 7 nitrogen and oxygen atoms in total. The number of piperidine rings is 1. The van der Waals surface area contributed by atoms with Gasteiger partial charge >= 0.3 is 12.1 Å². The molecular formula is C19H22F3N3O4. The molecule has 2 amide bonds. The average Bonchev–Trinajstić information content (AvgIpc) is 2.98. The van der Waals surface area contributed by atoms with Crippen LogP contribution in [-0.2, 0) is 9.59 Å². The molecule has 2 aliphatic rings. The third kappa shape index (κ3) is 5.33. The van der Waals surface area contributed by atoms with Crippen molar-refractivity contribution in [1.29, 1.82) is 0 Å². The fraction of sp³-hybridized carbons (Fsp3) is 0.474. The van der Waals surface area contributed by atoms with Crippen LogP contribution in [0.3, 0.4) is 0 Å². The molecule has 0 aromatic carbocycles. The summed E-state index contributed by atoms with van der Waals surface area (Å²) in [6, 6.07) is 5.35. The number of alkyl halides is 3. The number of amides is 2. The van der Waals surface area contributed by atoms with Gasteiger partial charge in [0.15, 0.2) is 0 Å². The van der Waals surface area contributed by atoms with Crippen molar-refractivity contribution in [1.82, 2.24) is 14.8 Å². The van der Waals surface area contributed by atoms with Gasteiger partial charge in [-0.05, 0) is 31.4 Å². The lowest BCUT2D eigenvalue weighted by atomic mass is 9.77. The number of hydrogen-bond donors (Lipinski definition) is 1. The van der Waals surface area contributed by atoms with Gasteiger partial charge in [-0.1, -0.05) is 12.1 Å². The monoisotopic (exact) mass is 413 g/mol. The van der Waals surface area contributed by atoms with Crippen molar-refractivity contribution in [3.05, 3.63) is 42.7 Å². The van der Waals surface area contributed by atoms with E-state index in [9.17, 15) is 22.8 Å². The van der Waals surface area contributed by atoms with Crippen LogP contribution >= 0.6 is 0 Å². The second kappa shape index (κ2) is 9.06. The smallest absolute Gasteiger partial charge is 0.475 e. The molecule has 1 aromatic rings. The Kier molecular flexibility index (Phi) is 6.99. The van der Waals surface area contributed by atoms with Crippen LogP contribution in [0, 0.1) is 5.41 Å². The van der Waals surface area contributed by atoms with Gasteiger partial charge in [-0.25, -0.2) is 4.79 Å². The van der Waals surface area contributed by atoms with E-state index in [-0.39, 0.29) is 17.2 Å². The summed E-state index contributed by atoms with van der Waals surface area (Å²) in [4.78, 5) is 41.7. The van der Waals surface area contributed by atoms with Gasteiger partial charge < -0.3 is 14.9 Å². The highest BCUT2D eigenvalue weighted by molar-refractivity contribution is 5.92. The summed E-state index contributed by atoms with van der Waals surface area (Å²) >= 11 is 0. The van der Waals surface area contributed by atoms with E-state index < -0.39 is 12.1 Å². The molecule has 1 spiro atoms. The number of carboxylic acids is 1. The largest absolute Gasteiger partial charge is 0.490 e. The Bertz CT molecular complexity index is 760. The number of aromatic nitrogens is 1. The lowest BCUT2D eigenvalue weighted by Crippen LogP contribution is -2.46. The van der Waals surface area contributed by atoms with Crippen LogP contribution in [0.4, 0.5) is 13.2 Å². The van der Waals surface area contributed by atoms with Crippen LogP contribution in [-0.4, -0.2) is 70.0 Å². The van der Waals surface area contributed by atoms with Crippen molar-refractivity contribution in [3.8, 4) is 0 Å². The average molecular weight is 413 g/mol. The number of pyridine rings is 1. The maximum absolute atomic E-state index is 12.6. The van der Waals surface area contributed by atoms with Crippen molar-refractivity contribution in [2.24, 2.45) is 5.41 Å². The molecule has 2 aliphatic heterocycles. The number of nitrogens with zero attached hydrogens (tertiary/aromatic N) is 3. The Morgan fingerprint density at radius 2 is 1.79 bits per heavy atom. The van der Waals surface area contributed by atoms with Crippen LogP contribution in [0.5, 0.6) is 0 Å². The number of carbonyl (C=O) groups excluding carboxylic acids is 2. The predicted molar refractivity (Wildman–Crippen MR) is 96.9 cm³/mol. The molecule has 29 heavy (non-hydrogen) atoms. The molecule has 2 fully saturated rings. The molecular weight excluding hydrogens is 391 g/mol. The van der Waals surface area contributed by atoms with E-state index in [0.717, 1.165) is 25.8 Å². The van der Waals surface area contributed by atoms with E-state index in [1.807, 2.05) is 15.9 Å². The first-order valence-electron chi connectivity index (χ1n) is 9.01. The van der Waals surface area contributed by atoms with E-state index in [2.05, 4.69) is 11.6 Å². The van der Waals surface area contributed by atoms with Gasteiger partial charge in [-0.3, -0.25) is 14.6 Å². The molecule has 0 atom stereocenters. The van der Waals surface area contributed by atoms with Gasteiger partial charge in [0.1, 0.15) is 5.69 Å². The van der Waals surface area contributed by atoms with Crippen LogP contribution in [0.25, 0.3) is 0 Å². The minimum Gasteiger partial charge on any atom is -0.475 e. The van der Waals surface area contributed by atoms with Crippen LogP contribution in [0.15, 0.2) is 37.1 Å². The number of carbonyl (C=O) groups is 3. The number of likely N-dealkylation sites (tertiary alicyclic amines) is 2. The molecule has 0 aliphatic carbocycles. The Balaban J connectivity index is 0.000000370. The maximum atomic E-state index is 12.6. The van der Waals surface area contributed by atoms with Crippen LogP contribution in [0.2, 0.25) is 0 Å². The summed E-state index contributed by atoms with van der Waals surface area (Å²) in [7, 11) is 0. The normalized spacial score (nSPS) is 18.2. The predicted octanol–water partition coefficient (Wildman–Crippen LogP) is 2.36. The van der Waals surface area contributed by atoms with E-state index in [1.54, 1.807) is 24.4 Å². The fourth-order valence-corrected chi connectivity index (χ4v) is 3.48. The zero-order valence-corrected chi connectivity index (χ0v) is 15.7. The summed E-state index contributed by atoms with van der Waals surface area (Å²) in [5.74, 6) is -2.56. The van der Waals surface area contributed by atoms with Gasteiger partial charge in [0.25, 0.3) is 5.91 Å². The van der Waals surface area contributed by atoms with E-state index in [4.69, 9.17) is 9.90 Å². The number of carboxylic acid groups (broad SMARTS) is 1. The molecule has 3 rings (SSSR count). The quantitative estimate of drug-likeness (QED) is 0.769. The van der Waals surface area contributed by atoms with Crippen LogP contribution < -0.4 is 0 Å². The zero-order chi connectivity index (χ0) is 21.7. The molecule has 1 N–H and O–H groups in total. The summed E-state index contributed by atoms with van der Waals surface area (Å²) in [5, 5.41) is 7.12. The molecule has 10 heteroatoms. The number of halogens is 3. The van der Waals surface area contributed by atoms with Crippen LogP contribution in [0.1, 0.15) is 29.8 Å². The SMILES string of the molecule is C=CCN1CCC2(CCN(C(=O)c3ccccn3)CC2)C1=O.O=C(O)C(F)(F)F. The first kappa shape index (κ1) is 22.4. The number of hydrogen-bond acceptors (Lipinski definition) is 4. The summed E-state index contributed by atoms with van der Waals surface area (Å²) in [5.41, 5.74) is 0.216. The Labute approximate surface area is 165 Å². The standard InChI is InChI=1S/C17H21N3O2.C2HF3O2/c1-2-10-20-13-8-17(16(20)22)6-11-19(12-7-17)15(21)14-5-3-4-9-18-14;3-2(4,5)1(6)7/h2-5,9H,1,6-8,10-13H2;(H,6,7). The molecule has 0 unspecified atom stereocenters. The van der Waals surface area contributed by atoms with Crippen molar-refractivity contribution in [2.45, 2.75) is 25.4 Å². The third-order valence-electron chi connectivity index (χ3n) is 5.08. The minimum atomic E-state index is -5.08. The first-order chi connectivity index (χ1) is 13.6. The van der Waals surface area contributed by atoms with Gasteiger partial charge in [0, 0.05) is 32.4 Å². The van der Waals surface area contributed by atoms with Crippen molar-refractivity contribution in [2.75, 3.05) is 26.2 Å². The summed E-state index contributed by atoms with van der Waals surface area (Å²) in [6.07, 6.45) is 0.713. The highest BCUT2D eigenvalue weighted by atomic mass is 19.4. The summed E-state index contributed by atoms with van der Waals surface area (Å²) < 4.78 is 31.7.